The second-order valence-electron chi connectivity index (χ2n) is 7.73. The number of benzene rings is 1. The Morgan fingerprint density at radius 3 is 2.03 bits per heavy atom. The van der Waals surface area contributed by atoms with E-state index < -0.39 is 18.1 Å². The van der Waals surface area contributed by atoms with Crippen molar-refractivity contribution in [2.45, 2.75) is 39.4 Å². The van der Waals surface area contributed by atoms with Gasteiger partial charge >= 0.3 is 18.1 Å². The summed E-state index contributed by atoms with van der Waals surface area (Å²) < 4.78 is 31.7. The maximum atomic E-state index is 11.9. The van der Waals surface area contributed by atoms with E-state index in [-0.39, 0.29) is 23.4 Å². The Morgan fingerprint density at radius 1 is 1.03 bits per heavy atom. The first-order chi connectivity index (χ1) is 15.7. The van der Waals surface area contributed by atoms with Gasteiger partial charge in [0.25, 0.3) is 0 Å². The Hall–Kier alpha value is -3.35. The zero-order chi connectivity index (χ0) is 26.1. The summed E-state index contributed by atoms with van der Waals surface area (Å²) >= 11 is 0. The van der Waals surface area contributed by atoms with Gasteiger partial charge in [-0.3, -0.25) is 14.5 Å². The third-order valence-electron chi connectivity index (χ3n) is 4.60. The molecule has 0 aromatic heterocycles. The zero-order valence-corrected chi connectivity index (χ0v) is 19.1. The molecule has 0 bridgehead atoms. The van der Waals surface area contributed by atoms with Gasteiger partial charge in [0, 0.05) is 44.3 Å². The van der Waals surface area contributed by atoms with E-state index in [1.807, 2.05) is 18.7 Å². The van der Waals surface area contributed by atoms with E-state index >= 15 is 0 Å². The van der Waals surface area contributed by atoms with Crippen LogP contribution in [0.2, 0.25) is 0 Å². The second-order valence-corrected chi connectivity index (χ2v) is 7.73. The molecule has 34 heavy (non-hydrogen) atoms. The minimum atomic E-state index is -5.08. The summed E-state index contributed by atoms with van der Waals surface area (Å²) in [6.45, 7) is 8.57. The van der Waals surface area contributed by atoms with Gasteiger partial charge in [-0.1, -0.05) is 6.92 Å². The number of rotatable bonds is 7. The first kappa shape index (κ1) is 28.7. The third kappa shape index (κ3) is 9.65. The summed E-state index contributed by atoms with van der Waals surface area (Å²) in [5.41, 5.74) is 1.27. The number of piperazine rings is 1. The van der Waals surface area contributed by atoms with E-state index in [1.165, 1.54) is 6.07 Å². The van der Waals surface area contributed by atoms with Crippen molar-refractivity contribution in [3.05, 3.63) is 23.8 Å². The van der Waals surface area contributed by atoms with Crippen molar-refractivity contribution in [2.75, 3.05) is 42.9 Å². The lowest BCUT2D eigenvalue weighted by molar-refractivity contribution is -0.192. The van der Waals surface area contributed by atoms with Gasteiger partial charge in [-0.15, -0.1) is 0 Å². The standard InChI is InChI=1S/C19H28N4O4.C2HF3O2/c1-4-17(24)21-14-5-6-16(15(11-14)19(26)27)23-9-7-22(8-10-23)12-18(25)20-13(2)3;3-2(4,5)1(6)7/h5-6,11,13H,4,7-10,12H2,1-3H3,(H,20,25)(H,21,24)(H,26,27);(H,6,7). The molecule has 0 unspecified atom stereocenters. The molecule has 1 aromatic rings. The van der Waals surface area contributed by atoms with E-state index in [4.69, 9.17) is 9.90 Å². The van der Waals surface area contributed by atoms with E-state index in [0.717, 1.165) is 0 Å². The minimum absolute atomic E-state index is 0.000642. The van der Waals surface area contributed by atoms with Gasteiger partial charge in [0.15, 0.2) is 0 Å². The molecule has 1 aliphatic rings. The highest BCUT2D eigenvalue weighted by Crippen LogP contribution is 2.26. The van der Waals surface area contributed by atoms with Crippen molar-refractivity contribution in [1.82, 2.24) is 10.2 Å². The first-order valence-corrected chi connectivity index (χ1v) is 10.5. The summed E-state index contributed by atoms with van der Waals surface area (Å²) in [7, 11) is 0. The average molecular weight is 490 g/mol. The lowest BCUT2D eigenvalue weighted by Gasteiger charge is -2.36. The van der Waals surface area contributed by atoms with E-state index in [1.54, 1.807) is 19.1 Å². The van der Waals surface area contributed by atoms with Crippen LogP contribution in [0.3, 0.4) is 0 Å². The molecule has 13 heteroatoms. The van der Waals surface area contributed by atoms with Crippen LogP contribution in [0.15, 0.2) is 18.2 Å². The molecule has 0 saturated carbocycles. The Balaban J connectivity index is 0.000000718. The van der Waals surface area contributed by atoms with Crippen molar-refractivity contribution in [2.24, 2.45) is 0 Å². The number of nitrogens with one attached hydrogen (secondary N) is 2. The summed E-state index contributed by atoms with van der Waals surface area (Å²) in [6, 6.07) is 5.06. The molecule has 0 aliphatic carbocycles. The monoisotopic (exact) mass is 490 g/mol. The fourth-order valence-corrected chi connectivity index (χ4v) is 3.03. The van der Waals surface area contributed by atoms with Crippen LogP contribution in [0.5, 0.6) is 0 Å². The molecule has 0 radical (unpaired) electrons. The molecule has 1 aliphatic heterocycles. The Labute approximate surface area is 194 Å². The van der Waals surface area contributed by atoms with E-state index in [2.05, 4.69) is 15.5 Å². The molecule has 1 aromatic carbocycles. The number of alkyl halides is 3. The zero-order valence-electron chi connectivity index (χ0n) is 19.1. The van der Waals surface area contributed by atoms with Gasteiger partial charge in [0.2, 0.25) is 11.8 Å². The van der Waals surface area contributed by atoms with Crippen LogP contribution in [-0.2, 0) is 14.4 Å². The minimum Gasteiger partial charge on any atom is -0.478 e. The fraction of sp³-hybridized carbons (Fsp3) is 0.524. The molecular formula is C21H29F3N4O6. The molecule has 0 atom stereocenters. The van der Waals surface area contributed by atoms with Crippen molar-refractivity contribution < 1.29 is 42.6 Å². The molecule has 1 heterocycles. The lowest BCUT2D eigenvalue weighted by atomic mass is 10.1. The first-order valence-electron chi connectivity index (χ1n) is 10.5. The normalized spacial score (nSPS) is 14.1. The molecule has 190 valence electrons. The van der Waals surface area contributed by atoms with Crippen LogP contribution in [-0.4, -0.2) is 83.8 Å². The molecule has 0 spiro atoms. The highest BCUT2D eigenvalue weighted by atomic mass is 19.4. The summed E-state index contributed by atoms with van der Waals surface area (Å²) in [6.07, 6.45) is -4.75. The number of carbonyl (C=O) groups excluding carboxylic acids is 2. The molecule has 2 amide bonds. The molecule has 10 nitrogen and oxygen atoms in total. The van der Waals surface area contributed by atoms with Crippen LogP contribution >= 0.6 is 0 Å². The highest BCUT2D eigenvalue weighted by Gasteiger charge is 2.38. The molecule has 2 rings (SSSR count). The van der Waals surface area contributed by atoms with Crippen molar-refractivity contribution in [3.8, 4) is 0 Å². The van der Waals surface area contributed by atoms with E-state index in [0.29, 0.717) is 50.5 Å². The number of anilines is 2. The summed E-state index contributed by atoms with van der Waals surface area (Å²) in [4.78, 5) is 48.1. The molecule has 1 fully saturated rings. The smallest absolute Gasteiger partial charge is 0.478 e. The highest BCUT2D eigenvalue weighted by molar-refractivity contribution is 5.98. The van der Waals surface area contributed by atoms with Gasteiger partial charge in [0.1, 0.15) is 0 Å². The number of nitrogens with zero attached hydrogens (tertiary/aromatic N) is 2. The third-order valence-corrected chi connectivity index (χ3v) is 4.60. The number of halogens is 3. The Bertz CT molecular complexity index is 884. The van der Waals surface area contributed by atoms with Crippen molar-refractivity contribution in [1.29, 1.82) is 0 Å². The number of carbonyl (C=O) groups is 4. The van der Waals surface area contributed by atoms with E-state index in [9.17, 15) is 32.7 Å². The SMILES string of the molecule is CCC(=O)Nc1ccc(N2CCN(CC(=O)NC(C)C)CC2)c(C(=O)O)c1.O=C(O)C(F)(F)F. The van der Waals surface area contributed by atoms with Gasteiger partial charge in [0.05, 0.1) is 17.8 Å². The summed E-state index contributed by atoms with van der Waals surface area (Å²) in [5.74, 6) is -3.95. The van der Waals surface area contributed by atoms with Gasteiger partial charge in [-0.2, -0.15) is 13.2 Å². The number of hydrogen-bond acceptors (Lipinski definition) is 6. The van der Waals surface area contributed by atoms with Gasteiger partial charge in [-0.05, 0) is 32.0 Å². The predicted octanol–water partition coefficient (Wildman–Crippen LogP) is 2.01. The van der Waals surface area contributed by atoms with Crippen LogP contribution in [0, 0.1) is 0 Å². The van der Waals surface area contributed by atoms with Crippen molar-refractivity contribution in [3.63, 3.8) is 0 Å². The number of carboxylic acid groups (broad SMARTS) is 2. The quantitative estimate of drug-likeness (QED) is 0.455. The largest absolute Gasteiger partial charge is 0.490 e. The molecular weight excluding hydrogens is 461 g/mol. The Kier molecular flexibility index (Phi) is 10.8. The van der Waals surface area contributed by atoms with Crippen LogP contribution in [0.4, 0.5) is 24.5 Å². The fourth-order valence-electron chi connectivity index (χ4n) is 3.03. The number of aliphatic carboxylic acids is 1. The van der Waals surface area contributed by atoms with Gasteiger partial charge < -0.3 is 25.7 Å². The van der Waals surface area contributed by atoms with Crippen LogP contribution in [0.25, 0.3) is 0 Å². The van der Waals surface area contributed by atoms with Gasteiger partial charge in [-0.25, -0.2) is 9.59 Å². The van der Waals surface area contributed by atoms with Crippen LogP contribution in [0.1, 0.15) is 37.6 Å². The number of hydrogen-bond donors (Lipinski definition) is 4. The Morgan fingerprint density at radius 2 is 1.59 bits per heavy atom. The predicted molar refractivity (Wildman–Crippen MR) is 118 cm³/mol. The number of aromatic carboxylic acids is 1. The van der Waals surface area contributed by atoms with Crippen molar-refractivity contribution >= 4 is 35.1 Å². The maximum Gasteiger partial charge on any atom is 0.490 e. The maximum absolute atomic E-state index is 11.9. The van der Waals surface area contributed by atoms with Crippen LogP contribution < -0.4 is 15.5 Å². The molecule has 1 saturated heterocycles. The lowest BCUT2D eigenvalue weighted by Crippen LogP contribution is -2.50. The number of amides is 2. The average Bonchev–Trinajstić information content (AvgIpc) is 2.73. The number of carboxylic acids is 2. The molecule has 4 N–H and O–H groups in total. The summed E-state index contributed by atoms with van der Waals surface area (Å²) in [5, 5.41) is 22.3. The second kappa shape index (κ2) is 12.8. The topological polar surface area (TPSA) is 139 Å².